The number of hydrogen-bond donors (Lipinski definition) is 2. The smallest absolute Gasteiger partial charge is 0.407 e. The minimum absolute atomic E-state index is 0.0630. The van der Waals surface area contributed by atoms with Crippen LogP contribution >= 0.6 is 0 Å². The zero-order valence-electron chi connectivity index (χ0n) is 27.1. The van der Waals surface area contributed by atoms with Crippen LogP contribution in [0, 0.1) is 0 Å². The Labute approximate surface area is 268 Å². The van der Waals surface area contributed by atoms with Crippen molar-refractivity contribution in [3.8, 4) is 0 Å². The number of nitrogens with zero attached hydrogens (tertiary/aromatic N) is 4. The van der Waals surface area contributed by atoms with Crippen LogP contribution in [-0.2, 0) is 49.5 Å². The highest BCUT2D eigenvalue weighted by atomic mass is 16.8. The molecule has 254 valence electrons. The van der Waals surface area contributed by atoms with Crippen molar-refractivity contribution in [3.05, 3.63) is 35.9 Å². The van der Waals surface area contributed by atoms with E-state index < -0.39 is 65.8 Å². The van der Waals surface area contributed by atoms with Crippen molar-refractivity contribution < 1.29 is 47.7 Å². The van der Waals surface area contributed by atoms with Crippen molar-refractivity contribution in [1.82, 2.24) is 24.9 Å². The molecule has 16 nitrogen and oxygen atoms in total. The lowest BCUT2D eigenvalue weighted by Gasteiger charge is -2.26. The fourth-order valence-electron chi connectivity index (χ4n) is 4.94. The van der Waals surface area contributed by atoms with Crippen LogP contribution < -0.4 is 11.1 Å². The zero-order valence-corrected chi connectivity index (χ0v) is 27.1. The Bertz CT molecular complexity index is 1280. The number of primary amides is 1. The number of benzene rings is 1. The molecular formula is C30H44N6O10. The predicted octanol–water partition coefficient (Wildman–Crippen LogP) is -1.09. The standard InChI is InChI=1S/C30H44N6O10/c1-30(2)45-27-20(44-21(28(27)46-30)13-32-29(42)43-18-19-10-8-7-9-11-19)12-23(38)34(4)15-25(40)36(6)17-26(41)35(5)16-24(39)33(3)14-22(31)37/h7-11,20-21,27-28H,12-18H2,1-6H3,(H2,31,37)(H,32,42)/t20-,21+,27-,28+/m0/s1. The van der Waals surface area contributed by atoms with E-state index in [1.807, 2.05) is 30.3 Å². The Hall–Kier alpha value is -4.28. The summed E-state index contributed by atoms with van der Waals surface area (Å²) in [5.41, 5.74) is 5.93. The summed E-state index contributed by atoms with van der Waals surface area (Å²) in [6, 6.07) is 9.24. The molecule has 3 rings (SSSR count). The maximum atomic E-state index is 13.1. The van der Waals surface area contributed by atoms with E-state index in [0.717, 1.165) is 20.3 Å². The highest BCUT2D eigenvalue weighted by molar-refractivity contribution is 5.90. The van der Waals surface area contributed by atoms with Gasteiger partial charge in [-0.05, 0) is 19.4 Å². The minimum atomic E-state index is -0.932. The fourth-order valence-corrected chi connectivity index (χ4v) is 4.94. The van der Waals surface area contributed by atoms with E-state index in [2.05, 4.69) is 5.32 Å². The lowest BCUT2D eigenvalue weighted by atomic mass is 10.1. The van der Waals surface area contributed by atoms with Gasteiger partial charge in [-0.3, -0.25) is 24.0 Å². The van der Waals surface area contributed by atoms with Gasteiger partial charge in [-0.2, -0.15) is 0 Å². The van der Waals surface area contributed by atoms with Crippen LogP contribution in [0.5, 0.6) is 0 Å². The Morgan fingerprint density at radius 3 is 1.76 bits per heavy atom. The van der Waals surface area contributed by atoms with Crippen LogP contribution in [-0.4, -0.2) is 146 Å². The number of rotatable bonds is 14. The van der Waals surface area contributed by atoms with E-state index >= 15 is 0 Å². The van der Waals surface area contributed by atoms with Gasteiger partial charge in [-0.25, -0.2) is 4.79 Å². The van der Waals surface area contributed by atoms with Gasteiger partial charge < -0.3 is 49.6 Å². The molecule has 16 heteroatoms. The highest BCUT2D eigenvalue weighted by Gasteiger charge is 2.55. The molecule has 0 spiro atoms. The summed E-state index contributed by atoms with van der Waals surface area (Å²) >= 11 is 0. The molecule has 2 heterocycles. The molecule has 4 atom stereocenters. The second-order valence-corrected chi connectivity index (χ2v) is 11.9. The van der Waals surface area contributed by atoms with Crippen LogP contribution in [0.15, 0.2) is 30.3 Å². The van der Waals surface area contributed by atoms with Crippen molar-refractivity contribution in [2.75, 3.05) is 60.9 Å². The third kappa shape index (κ3) is 10.4. The molecule has 0 bridgehead atoms. The molecule has 2 fully saturated rings. The second kappa shape index (κ2) is 15.8. The summed E-state index contributed by atoms with van der Waals surface area (Å²) in [5.74, 6) is -3.53. The zero-order chi connectivity index (χ0) is 34.2. The van der Waals surface area contributed by atoms with Crippen LogP contribution in [0.1, 0.15) is 25.8 Å². The molecule has 6 amide bonds. The molecule has 1 aromatic carbocycles. The Kier molecular flexibility index (Phi) is 12.4. The van der Waals surface area contributed by atoms with Gasteiger partial charge in [-0.15, -0.1) is 0 Å². The minimum Gasteiger partial charge on any atom is -0.445 e. The number of alkyl carbamates (subject to hydrolysis) is 1. The molecule has 0 unspecified atom stereocenters. The molecule has 0 aromatic heterocycles. The number of fused-ring (bicyclic) bond motifs is 1. The highest BCUT2D eigenvalue weighted by Crippen LogP contribution is 2.39. The number of carbonyl (C=O) groups is 6. The van der Waals surface area contributed by atoms with Gasteiger partial charge in [0.1, 0.15) is 24.9 Å². The van der Waals surface area contributed by atoms with E-state index in [-0.39, 0.29) is 45.8 Å². The van der Waals surface area contributed by atoms with Crippen molar-refractivity contribution in [2.24, 2.45) is 5.73 Å². The van der Waals surface area contributed by atoms with E-state index in [1.54, 1.807) is 13.8 Å². The molecule has 1 aromatic rings. The Balaban J connectivity index is 1.48. The largest absolute Gasteiger partial charge is 0.445 e. The number of nitrogens with two attached hydrogens (primary N) is 1. The van der Waals surface area contributed by atoms with Gasteiger partial charge in [-0.1, -0.05) is 30.3 Å². The first-order valence-corrected chi connectivity index (χ1v) is 14.8. The van der Waals surface area contributed by atoms with Crippen molar-refractivity contribution in [2.45, 2.75) is 57.1 Å². The molecule has 3 N–H and O–H groups in total. The summed E-state index contributed by atoms with van der Waals surface area (Å²) < 4.78 is 23.4. The first-order valence-electron chi connectivity index (χ1n) is 14.8. The lowest BCUT2D eigenvalue weighted by molar-refractivity contribution is -0.188. The van der Waals surface area contributed by atoms with Gasteiger partial charge in [0.2, 0.25) is 29.5 Å². The van der Waals surface area contributed by atoms with E-state index in [0.29, 0.717) is 0 Å². The molecule has 46 heavy (non-hydrogen) atoms. The maximum absolute atomic E-state index is 13.1. The summed E-state index contributed by atoms with van der Waals surface area (Å²) in [6.07, 6.45) is -3.21. The van der Waals surface area contributed by atoms with Crippen molar-refractivity contribution >= 4 is 35.6 Å². The number of carbonyl (C=O) groups excluding carboxylic acids is 6. The fraction of sp³-hybridized carbons (Fsp3) is 0.600. The molecule has 0 saturated carbocycles. The number of hydrogen-bond acceptors (Lipinski definition) is 10. The lowest BCUT2D eigenvalue weighted by Crippen LogP contribution is -2.47. The Morgan fingerprint density at radius 1 is 0.761 bits per heavy atom. The van der Waals surface area contributed by atoms with Crippen LogP contribution in [0.25, 0.3) is 0 Å². The van der Waals surface area contributed by atoms with Gasteiger partial charge in [0, 0.05) is 34.7 Å². The summed E-state index contributed by atoms with van der Waals surface area (Å²) in [4.78, 5) is 78.7. The van der Waals surface area contributed by atoms with Crippen molar-refractivity contribution in [3.63, 3.8) is 0 Å². The third-order valence-electron chi connectivity index (χ3n) is 7.50. The molecule has 0 radical (unpaired) electrons. The van der Waals surface area contributed by atoms with Gasteiger partial charge >= 0.3 is 6.09 Å². The van der Waals surface area contributed by atoms with Gasteiger partial charge in [0.05, 0.1) is 38.7 Å². The summed E-state index contributed by atoms with van der Waals surface area (Å²) in [7, 11) is 5.65. The van der Waals surface area contributed by atoms with E-state index in [9.17, 15) is 28.8 Å². The topological polar surface area (TPSA) is 190 Å². The molecule has 0 aliphatic carbocycles. The number of likely N-dealkylation sites (N-methyl/N-ethyl adjacent to an activating group) is 4. The number of nitrogens with one attached hydrogen (secondary N) is 1. The first-order chi connectivity index (χ1) is 21.6. The average molecular weight is 649 g/mol. The van der Waals surface area contributed by atoms with Crippen LogP contribution in [0.2, 0.25) is 0 Å². The Morgan fingerprint density at radius 2 is 1.24 bits per heavy atom. The average Bonchev–Trinajstić information content (AvgIpc) is 3.47. The maximum Gasteiger partial charge on any atom is 0.407 e. The monoisotopic (exact) mass is 648 g/mol. The second-order valence-electron chi connectivity index (χ2n) is 11.9. The summed E-state index contributed by atoms with van der Waals surface area (Å²) in [5, 5.41) is 2.68. The first kappa shape index (κ1) is 36.2. The number of amides is 6. The molecule has 2 saturated heterocycles. The molecule has 2 aliphatic heterocycles. The van der Waals surface area contributed by atoms with Gasteiger partial charge in [0.15, 0.2) is 5.79 Å². The molecule has 2 aliphatic rings. The predicted molar refractivity (Wildman–Crippen MR) is 161 cm³/mol. The quantitative estimate of drug-likeness (QED) is 0.251. The van der Waals surface area contributed by atoms with Gasteiger partial charge in [0.25, 0.3) is 0 Å². The third-order valence-corrected chi connectivity index (χ3v) is 7.50. The number of ether oxygens (including phenoxy) is 4. The summed E-state index contributed by atoms with van der Waals surface area (Å²) in [6.45, 7) is 2.43. The van der Waals surface area contributed by atoms with E-state index in [4.69, 9.17) is 24.7 Å². The van der Waals surface area contributed by atoms with Crippen LogP contribution in [0.4, 0.5) is 4.79 Å². The van der Waals surface area contributed by atoms with Crippen LogP contribution in [0.3, 0.4) is 0 Å². The van der Waals surface area contributed by atoms with Crippen molar-refractivity contribution in [1.29, 1.82) is 0 Å². The normalized spacial score (nSPS) is 21.1. The SMILES string of the molecule is CN(CC(N)=O)C(=O)CN(C)C(=O)CN(C)C(=O)CN(C)C(=O)C[C@@H]1O[C@H](CNC(=O)OCc2ccccc2)[C@H]2OC(C)(C)O[C@H]21. The van der Waals surface area contributed by atoms with E-state index in [1.165, 1.54) is 33.1 Å². The molecular weight excluding hydrogens is 604 g/mol.